The zero-order valence-corrected chi connectivity index (χ0v) is 25.6. The lowest BCUT2D eigenvalue weighted by Gasteiger charge is -2.08. The van der Waals surface area contributed by atoms with Crippen LogP contribution in [0.2, 0.25) is 0 Å². The second kappa shape index (κ2) is 14.5. The molecule has 13 heteroatoms. The van der Waals surface area contributed by atoms with Crippen molar-refractivity contribution < 1.29 is 23.5 Å². The minimum atomic E-state index is -1.02. The van der Waals surface area contributed by atoms with Crippen LogP contribution in [0.1, 0.15) is 44.0 Å². The van der Waals surface area contributed by atoms with Crippen LogP contribution in [0.4, 0.5) is 20.4 Å². The topological polar surface area (TPSA) is 143 Å². The fraction of sp³-hybridized carbons (Fsp3) is 0.206. The molecule has 0 aliphatic heterocycles. The second-order valence-corrected chi connectivity index (χ2v) is 10.6. The van der Waals surface area contributed by atoms with Gasteiger partial charge in [0.05, 0.1) is 18.6 Å². The maximum atomic E-state index is 13.7. The molecule has 11 nitrogen and oxygen atoms in total. The molecule has 0 saturated carbocycles. The summed E-state index contributed by atoms with van der Waals surface area (Å²) in [7, 11) is 1.61. The van der Waals surface area contributed by atoms with E-state index in [4.69, 9.17) is 5.11 Å². The van der Waals surface area contributed by atoms with Crippen LogP contribution < -0.4 is 21.5 Å². The van der Waals surface area contributed by atoms with Gasteiger partial charge in [0.15, 0.2) is 11.6 Å². The number of aliphatic hydroxyl groups excluding tert-OH is 1. The number of aliphatic hydroxyl groups is 1. The fourth-order valence-corrected chi connectivity index (χ4v) is 4.76. The minimum absolute atomic E-state index is 0.0133. The maximum Gasteiger partial charge on any atom is 0.280 e. The summed E-state index contributed by atoms with van der Waals surface area (Å²) >= 11 is 0. The summed E-state index contributed by atoms with van der Waals surface area (Å²) < 4.78 is 29.7. The van der Waals surface area contributed by atoms with E-state index >= 15 is 0 Å². The van der Waals surface area contributed by atoms with E-state index in [0.717, 1.165) is 17.5 Å². The highest BCUT2D eigenvalue weighted by molar-refractivity contribution is 5.95. The van der Waals surface area contributed by atoms with Gasteiger partial charge in [-0.2, -0.15) is 0 Å². The molecule has 5 aromatic rings. The first kappa shape index (κ1) is 32.5. The van der Waals surface area contributed by atoms with E-state index in [1.54, 1.807) is 56.6 Å². The molecule has 2 heterocycles. The van der Waals surface area contributed by atoms with Crippen molar-refractivity contribution in [1.29, 1.82) is 0 Å². The van der Waals surface area contributed by atoms with Gasteiger partial charge in [0.25, 0.3) is 17.4 Å². The number of carbonyl (C=O) groups is 2. The van der Waals surface area contributed by atoms with Crippen LogP contribution in [-0.2, 0) is 13.6 Å². The third-order valence-electron chi connectivity index (χ3n) is 7.37. The Morgan fingerprint density at radius 3 is 2.51 bits per heavy atom. The Morgan fingerprint density at radius 2 is 1.77 bits per heavy atom. The van der Waals surface area contributed by atoms with Crippen molar-refractivity contribution in [2.75, 3.05) is 25.0 Å². The van der Waals surface area contributed by atoms with Crippen LogP contribution in [0.15, 0.2) is 71.7 Å². The number of benzene rings is 3. The molecule has 2 aromatic heterocycles. The molecule has 0 spiro atoms. The summed E-state index contributed by atoms with van der Waals surface area (Å²) in [6.45, 7) is 1.98. The number of halogens is 2. The van der Waals surface area contributed by atoms with Crippen LogP contribution >= 0.6 is 0 Å². The van der Waals surface area contributed by atoms with E-state index in [-0.39, 0.29) is 31.2 Å². The number of fused-ring (bicyclic) bond motifs is 1. The SMILES string of the molecule is Cc1c(C(=O)NCC#Cc2ccc3nc(Nc4ccc(C(=O)NCCCO)cc4)ncc3c2)c(=O)n(Cc2ccc(F)c(F)c2)n1C. The molecule has 0 aliphatic carbocycles. The second-order valence-electron chi connectivity index (χ2n) is 10.6. The van der Waals surface area contributed by atoms with E-state index < -0.39 is 23.1 Å². The number of aromatic nitrogens is 4. The van der Waals surface area contributed by atoms with Crippen molar-refractivity contribution in [1.82, 2.24) is 30.0 Å². The normalized spacial score (nSPS) is 10.7. The van der Waals surface area contributed by atoms with Crippen LogP contribution in [-0.4, -0.2) is 55.9 Å². The van der Waals surface area contributed by atoms with Gasteiger partial charge < -0.3 is 21.1 Å². The van der Waals surface area contributed by atoms with Gasteiger partial charge in [0, 0.05) is 54.3 Å². The van der Waals surface area contributed by atoms with Gasteiger partial charge in [-0.3, -0.25) is 19.1 Å². The van der Waals surface area contributed by atoms with Crippen LogP contribution in [0, 0.1) is 30.4 Å². The maximum absolute atomic E-state index is 13.7. The first-order valence-corrected chi connectivity index (χ1v) is 14.6. The Morgan fingerprint density at radius 1 is 0.979 bits per heavy atom. The van der Waals surface area contributed by atoms with E-state index in [1.165, 1.54) is 15.4 Å². The predicted molar refractivity (Wildman–Crippen MR) is 172 cm³/mol. The average Bonchev–Trinajstić information content (AvgIpc) is 3.27. The van der Waals surface area contributed by atoms with Crippen LogP contribution in [0.5, 0.6) is 0 Å². The zero-order valence-electron chi connectivity index (χ0n) is 25.6. The summed E-state index contributed by atoms with van der Waals surface area (Å²) in [5.41, 5.74) is 2.74. The number of anilines is 2. The van der Waals surface area contributed by atoms with Gasteiger partial charge in [-0.05, 0) is 73.5 Å². The van der Waals surface area contributed by atoms with Crippen molar-refractivity contribution in [2.24, 2.45) is 7.05 Å². The molecular formula is C34H31F2N7O4. The predicted octanol–water partition coefficient (Wildman–Crippen LogP) is 3.40. The first-order chi connectivity index (χ1) is 22.6. The highest BCUT2D eigenvalue weighted by Crippen LogP contribution is 2.18. The van der Waals surface area contributed by atoms with E-state index in [2.05, 4.69) is 37.8 Å². The monoisotopic (exact) mass is 639 g/mol. The lowest BCUT2D eigenvalue weighted by atomic mass is 10.1. The quantitative estimate of drug-likeness (QED) is 0.136. The number of hydrogen-bond donors (Lipinski definition) is 4. The number of rotatable bonds is 10. The number of carbonyl (C=O) groups excluding carboxylic acids is 2. The smallest absolute Gasteiger partial charge is 0.280 e. The van der Waals surface area contributed by atoms with Crippen LogP contribution in [0.3, 0.4) is 0 Å². The van der Waals surface area contributed by atoms with Crippen molar-refractivity contribution in [3.8, 4) is 11.8 Å². The van der Waals surface area contributed by atoms with Gasteiger partial charge in [0.1, 0.15) is 5.56 Å². The Hall–Kier alpha value is -5.87. The molecule has 0 unspecified atom stereocenters. The van der Waals surface area contributed by atoms with Crippen molar-refractivity contribution in [3.63, 3.8) is 0 Å². The molecule has 2 amide bonds. The zero-order chi connectivity index (χ0) is 33.5. The molecule has 47 heavy (non-hydrogen) atoms. The largest absolute Gasteiger partial charge is 0.396 e. The highest BCUT2D eigenvalue weighted by Gasteiger charge is 2.21. The molecule has 240 valence electrons. The minimum Gasteiger partial charge on any atom is -0.396 e. The van der Waals surface area contributed by atoms with E-state index in [9.17, 15) is 23.2 Å². The Balaban J connectivity index is 1.19. The molecule has 0 aliphatic rings. The summed E-state index contributed by atoms with van der Waals surface area (Å²) in [5, 5.41) is 18.1. The van der Waals surface area contributed by atoms with Gasteiger partial charge in [-0.1, -0.05) is 17.9 Å². The highest BCUT2D eigenvalue weighted by atomic mass is 19.2. The van der Waals surface area contributed by atoms with Crippen molar-refractivity contribution in [3.05, 3.63) is 117 Å². The fourth-order valence-electron chi connectivity index (χ4n) is 4.76. The van der Waals surface area contributed by atoms with Gasteiger partial charge in [-0.15, -0.1) is 0 Å². The van der Waals surface area contributed by atoms with Crippen LogP contribution in [0.25, 0.3) is 10.9 Å². The lowest BCUT2D eigenvalue weighted by Crippen LogP contribution is -2.31. The van der Waals surface area contributed by atoms with Crippen molar-refractivity contribution in [2.45, 2.75) is 19.9 Å². The summed E-state index contributed by atoms with van der Waals surface area (Å²) in [6, 6.07) is 15.6. The van der Waals surface area contributed by atoms with Gasteiger partial charge >= 0.3 is 0 Å². The Bertz CT molecular complexity index is 2080. The molecular weight excluding hydrogens is 608 g/mol. The van der Waals surface area contributed by atoms with Gasteiger partial charge in [-0.25, -0.2) is 23.4 Å². The Labute approximate surface area is 268 Å². The third kappa shape index (κ3) is 7.69. The lowest BCUT2D eigenvalue weighted by molar-refractivity contribution is 0.0945. The number of amides is 2. The Kier molecular flexibility index (Phi) is 10.0. The molecule has 0 bridgehead atoms. The van der Waals surface area contributed by atoms with Gasteiger partial charge in [0.2, 0.25) is 5.95 Å². The molecule has 0 fully saturated rings. The summed E-state index contributed by atoms with van der Waals surface area (Å²) in [5.74, 6) is 3.43. The number of hydrogen-bond acceptors (Lipinski definition) is 7. The van der Waals surface area contributed by atoms with E-state index in [1.807, 2.05) is 6.07 Å². The number of nitrogens with one attached hydrogen (secondary N) is 3. The average molecular weight is 640 g/mol. The molecule has 5 rings (SSSR count). The molecule has 0 saturated heterocycles. The molecule has 3 aromatic carbocycles. The summed E-state index contributed by atoms with van der Waals surface area (Å²) in [6.07, 6.45) is 2.15. The molecule has 0 radical (unpaired) electrons. The summed E-state index contributed by atoms with van der Waals surface area (Å²) in [4.78, 5) is 47.0. The molecule has 0 atom stereocenters. The first-order valence-electron chi connectivity index (χ1n) is 14.6. The number of nitrogens with zero attached hydrogens (tertiary/aromatic N) is 4. The third-order valence-corrected chi connectivity index (χ3v) is 7.37. The van der Waals surface area contributed by atoms with E-state index in [0.29, 0.717) is 52.5 Å². The van der Waals surface area contributed by atoms with Crippen molar-refractivity contribution >= 4 is 34.4 Å². The standard InChI is InChI=1S/C34H31F2N7O4/c1-21-30(33(47)43(42(21)2)20-23-6-12-27(35)28(36)18-23)32(46)38-14-3-5-22-7-13-29-25(17-22)19-39-34(41-29)40-26-10-8-24(9-11-26)31(45)37-15-4-16-44/h6-13,17-19,44H,4,14-16,20H2,1-2H3,(H,37,45)(H,38,46)(H,39,40,41). The molecule has 4 N–H and O–H groups in total.